The maximum Gasteiger partial charge on any atom is 0.417 e. The third kappa shape index (κ3) is 3.06. The average Bonchev–Trinajstić information content (AvgIpc) is 2.79. The van der Waals surface area contributed by atoms with Crippen molar-refractivity contribution in [2.24, 2.45) is 0 Å². The third-order valence-electron chi connectivity index (χ3n) is 2.39. The van der Waals surface area contributed by atoms with Crippen LogP contribution in [0.15, 0.2) is 42.7 Å². The number of alkyl halides is 6. The Balaban J connectivity index is 2.44. The van der Waals surface area contributed by atoms with E-state index in [0.717, 1.165) is 10.8 Å². The molecule has 20 heavy (non-hydrogen) atoms. The van der Waals surface area contributed by atoms with Gasteiger partial charge in [0.15, 0.2) is 5.75 Å². The summed E-state index contributed by atoms with van der Waals surface area (Å²) in [5.41, 5.74) is -3.53. The molecule has 0 aliphatic carbocycles. The molecule has 0 N–H and O–H groups in total. The van der Waals surface area contributed by atoms with E-state index in [2.05, 4.69) is 0 Å². The molecule has 0 saturated carbocycles. The van der Waals surface area contributed by atoms with E-state index < -0.39 is 23.5 Å². The molecule has 0 spiro atoms. The van der Waals surface area contributed by atoms with Gasteiger partial charge in [0.1, 0.15) is 0 Å². The van der Waals surface area contributed by atoms with E-state index in [-0.39, 0.29) is 5.75 Å². The maximum atomic E-state index is 12.7. The van der Waals surface area contributed by atoms with Gasteiger partial charge in [-0.3, -0.25) is 0 Å². The molecule has 1 aromatic heterocycles. The summed E-state index contributed by atoms with van der Waals surface area (Å²) in [7, 11) is 0. The van der Waals surface area contributed by atoms with Crippen molar-refractivity contribution >= 4 is 0 Å². The highest BCUT2D eigenvalue weighted by atomic mass is 19.4. The molecule has 0 amide bonds. The van der Waals surface area contributed by atoms with Gasteiger partial charge in [-0.25, -0.2) is 0 Å². The minimum Gasteiger partial charge on any atom is -0.376 e. The minimum absolute atomic E-state index is 0.322. The molecule has 0 unspecified atom stereocenters. The molecule has 108 valence electrons. The van der Waals surface area contributed by atoms with Gasteiger partial charge in [-0.2, -0.15) is 31.1 Å². The van der Waals surface area contributed by atoms with E-state index in [1.54, 1.807) is 12.1 Å². The normalized spacial score (nSPS) is 12.5. The summed E-state index contributed by atoms with van der Waals surface area (Å²) in [6.07, 6.45) is -7.42. The number of hydrogen-bond acceptors (Lipinski definition) is 1. The van der Waals surface area contributed by atoms with Crippen LogP contribution in [0.1, 0.15) is 11.1 Å². The van der Waals surface area contributed by atoms with Crippen LogP contribution in [0, 0.1) is 0 Å². The lowest BCUT2D eigenvalue weighted by atomic mass is 10.1. The Morgan fingerprint density at radius 3 is 1.85 bits per heavy atom. The van der Waals surface area contributed by atoms with Crippen LogP contribution in [0.3, 0.4) is 0 Å². The minimum atomic E-state index is -5.12. The van der Waals surface area contributed by atoms with Gasteiger partial charge in [0.2, 0.25) is 0 Å². The second-order valence-corrected chi connectivity index (χ2v) is 3.84. The van der Waals surface area contributed by atoms with Crippen LogP contribution in [0.4, 0.5) is 26.3 Å². The Bertz CT molecular complexity index is 585. The van der Waals surface area contributed by atoms with Gasteiger partial charge in [0.25, 0.3) is 0 Å². The van der Waals surface area contributed by atoms with Crippen molar-refractivity contribution in [1.29, 1.82) is 0 Å². The largest absolute Gasteiger partial charge is 0.417 e. The maximum absolute atomic E-state index is 12.7. The smallest absolute Gasteiger partial charge is 0.376 e. The molecular formula is C12H7F6NO. The van der Waals surface area contributed by atoms with E-state index >= 15 is 0 Å². The molecule has 2 rings (SSSR count). The lowest BCUT2D eigenvalue weighted by Gasteiger charge is -2.16. The molecule has 0 aliphatic rings. The first-order valence-corrected chi connectivity index (χ1v) is 5.28. The molecule has 2 aromatic rings. The van der Waals surface area contributed by atoms with E-state index in [1.807, 2.05) is 0 Å². The van der Waals surface area contributed by atoms with E-state index in [9.17, 15) is 26.3 Å². The summed E-state index contributed by atoms with van der Waals surface area (Å²) in [6.45, 7) is 0. The van der Waals surface area contributed by atoms with Gasteiger partial charge in [-0.1, -0.05) is 0 Å². The number of benzene rings is 1. The van der Waals surface area contributed by atoms with Crippen molar-refractivity contribution in [2.45, 2.75) is 12.4 Å². The lowest BCUT2D eigenvalue weighted by Crippen LogP contribution is -2.17. The topological polar surface area (TPSA) is 14.2 Å². The van der Waals surface area contributed by atoms with E-state index in [1.165, 1.54) is 12.4 Å². The molecule has 1 aromatic carbocycles. The fourth-order valence-electron chi connectivity index (χ4n) is 1.56. The summed E-state index contributed by atoms with van der Waals surface area (Å²) in [5.74, 6) is -0.346. The van der Waals surface area contributed by atoms with Crippen molar-refractivity contribution < 1.29 is 31.2 Å². The zero-order valence-electron chi connectivity index (χ0n) is 9.66. The monoisotopic (exact) mass is 295 g/mol. The standard InChI is InChI=1S/C12H7F6NO/c13-11(14,15)9-4-3-8(7-10(9)12(16,17)18)20-19-5-1-2-6-19/h1-7H. The van der Waals surface area contributed by atoms with Crippen LogP contribution in [-0.2, 0) is 12.4 Å². The summed E-state index contributed by atoms with van der Waals surface area (Å²) in [5, 5.41) is 0. The van der Waals surface area contributed by atoms with Crippen molar-refractivity contribution in [3.05, 3.63) is 53.9 Å². The van der Waals surface area contributed by atoms with Crippen molar-refractivity contribution in [3.63, 3.8) is 0 Å². The molecule has 1 heterocycles. The van der Waals surface area contributed by atoms with Crippen LogP contribution in [0.2, 0.25) is 0 Å². The Morgan fingerprint density at radius 1 is 0.800 bits per heavy atom. The molecular weight excluding hydrogens is 288 g/mol. The van der Waals surface area contributed by atoms with Crippen LogP contribution in [0.25, 0.3) is 0 Å². The van der Waals surface area contributed by atoms with Gasteiger partial charge in [-0.15, -0.1) is 0 Å². The molecule has 0 atom stereocenters. The van der Waals surface area contributed by atoms with Crippen LogP contribution >= 0.6 is 0 Å². The Morgan fingerprint density at radius 2 is 1.35 bits per heavy atom. The first-order chi connectivity index (χ1) is 9.18. The summed E-state index contributed by atoms with van der Waals surface area (Å²) in [6, 6.07) is 4.60. The quantitative estimate of drug-likeness (QED) is 0.750. The zero-order valence-corrected chi connectivity index (χ0v) is 9.66. The predicted octanol–water partition coefficient (Wildman–Crippen LogP) is 4.37. The number of rotatable bonds is 2. The molecule has 0 bridgehead atoms. The fraction of sp³-hybridized carbons (Fsp3) is 0.167. The van der Waals surface area contributed by atoms with Crippen molar-refractivity contribution in [3.8, 4) is 5.75 Å². The lowest BCUT2D eigenvalue weighted by molar-refractivity contribution is -0.162. The number of halogens is 6. The molecule has 0 fully saturated rings. The predicted molar refractivity (Wildman–Crippen MR) is 56.9 cm³/mol. The molecule has 2 nitrogen and oxygen atoms in total. The van der Waals surface area contributed by atoms with Gasteiger partial charge in [0, 0.05) is 12.4 Å². The SMILES string of the molecule is FC(F)(F)c1ccc(On2cccc2)cc1C(F)(F)F. The molecule has 8 heteroatoms. The second kappa shape index (κ2) is 4.77. The highest BCUT2D eigenvalue weighted by molar-refractivity contribution is 5.39. The van der Waals surface area contributed by atoms with Crippen LogP contribution in [0.5, 0.6) is 5.75 Å². The van der Waals surface area contributed by atoms with Gasteiger partial charge >= 0.3 is 12.4 Å². The van der Waals surface area contributed by atoms with E-state index in [0.29, 0.717) is 12.1 Å². The summed E-state index contributed by atoms with van der Waals surface area (Å²) >= 11 is 0. The Hall–Kier alpha value is -2.12. The second-order valence-electron chi connectivity index (χ2n) is 3.84. The average molecular weight is 295 g/mol. The zero-order chi connectivity index (χ0) is 15.0. The molecule has 0 saturated heterocycles. The molecule has 0 aliphatic heterocycles. The first kappa shape index (κ1) is 14.3. The summed E-state index contributed by atoms with van der Waals surface area (Å²) in [4.78, 5) is 4.97. The Kier molecular flexibility index (Phi) is 3.41. The third-order valence-corrected chi connectivity index (χ3v) is 2.39. The van der Waals surface area contributed by atoms with E-state index in [4.69, 9.17) is 4.84 Å². The van der Waals surface area contributed by atoms with Crippen LogP contribution in [-0.4, -0.2) is 4.73 Å². The van der Waals surface area contributed by atoms with Crippen molar-refractivity contribution in [1.82, 2.24) is 4.73 Å². The highest BCUT2D eigenvalue weighted by Crippen LogP contribution is 2.41. The van der Waals surface area contributed by atoms with Gasteiger partial charge in [-0.05, 0) is 30.3 Å². The number of aromatic nitrogens is 1. The summed E-state index contributed by atoms with van der Waals surface area (Å²) < 4.78 is 76.7. The highest BCUT2D eigenvalue weighted by Gasteiger charge is 2.43. The number of hydrogen-bond donors (Lipinski definition) is 0. The first-order valence-electron chi connectivity index (χ1n) is 5.28. The van der Waals surface area contributed by atoms with Gasteiger partial charge in [0.05, 0.1) is 11.1 Å². The van der Waals surface area contributed by atoms with Gasteiger partial charge < -0.3 is 4.84 Å². The Labute approximate surface area is 109 Å². The fourth-order valence-corrected chi connectivity index (χ4v) is 1.56. The van der Waals surface area contributed by atoms with Crippen molar-refractivity contribution in [2.75, 3.05) is 0 Å². The van der Waals surface area contributed by atoms with Crippen LogP contribution < -0.4 is 4.84 Å². The molecule has 0 radical (unpaired) electrons. The number of nitrogens with zero attached hydrogens (tertiary/aromatic N) is 1.